The molecule has 6 heteroatoms. The van der Waals surface area contributed by atoms with Gasteiger partial charge in [-0.3, -0.25) is 9.48 Å². The molecule has 0 unspecified atom stereocenters. The van der Waals surface area contributed by atoms with E-state index in [2.05, 4.69) is 20.4 Å². The molecule has 2 heterocycles. The summed E-state index contributed by atoms with van der Waals surface area (Å²) in [6.07, 6.45) is 7.27. The normalized spacial score (nSPS) is 14.2. The number of carbonyl (C=O) groups excluding carboxylic acids is 1. The summed E-state index contributed by atoms with van der Waals surface area (Å²) in [5, 5.41) is 8.04. The number of nitrogens with one attached hydrogen (secondary N) is 1. The second-order valence-electron chi connectivity index (χ2n) is 5.60. The van der Waals surface area contributed by atoms with E-state index in [4.69, 9.17) is 0 Å². The van der Waals surface area contributed by atoms with Gasteiger partial charge in [-0.1, -0.05) is 0 Å². The van der Waals surface area contributed by atoms with Gasteiger partial charge in [-0.15, -0.1) is 0 Å². The smallest absolute Gasteiger partial charge is 0.258 e. The standard InChI is InChI=1S/C16H15N5O/c1-21-14-5-4-13(6-11(14)9-19-21)20-16(22)12-7-17-15(18-8-12)10-2-3-10/h4-10H,2-3H2,1H3,(H,20,22). The van der Waals surface area contributed by atoms with Crippen LogP contribution in [-0.4, -0.2) is 25.7 Å². The van der Waals surface area contributed by atoms with Gasteiger partial charge in [-0.2, -0.15) is 5.10 Å². The molecule has 0 aliphatic heterocycles. The fourth-order valence-electron chi connectivity index (χ4n) is 2.45. The van der Waals surface area contributed by atoms with Crippen molar-refractivity contribution in [1.29, 1.82) is 0 Å². The molecule has 6 nitrogen and oxygen atoms in total. The fourth-order valence-corrected chi connectivity index (χ4v) is 2.45. The lowest BCUT2D eigenvalue weighted by Crippen LogP contribution is -2.13. The van der Waals surface area contributed by atoms with Crippen LogP contribution in [0.15, 0.2) is 36.8 Å². The number of hydrogen-bond acceptors (Lipinski definition) is 4. The van der Waals surface area contributed by atoms with E-state index >= 15 is 0 Å². The number of aryl methyl sites for hydroxylation is 1. The van der Waals surface area contributed by atoms with Crippen LogP contribution in [-0.2, 0) is 7.05 Å². The zero-order valence-corrected chi connectivity index (χ0v) is 12.2. The fraction of sp³-hybridized carbons (Fsp3) is 0.250. The van der Waals surface area contributed by atoms with Crippen LogP contribution in [0.1, 0.15) is 34.9 Å². The van der Waals surface area contributed by atoms with Crippen LogP contribution in [0.3, 0.4) is 0 Å². The Balaban J connectivity index is 1.54. The van der Waals surface area contributed by atoms with E-state index < -0.39 is 0 Å². The van der Waals surface area contributed by atoms with E-state index in [0.29, 0.717) is 11.5 Å². The number of carbonyl (C=O) groups is 1. The van der Waals surface area contributed by atoms with E-state index in [1.807, 2.05) is 25.2 Å². The van der Waals surface area contributed by atoms with Crippen molar-refractivity contribution in [3.63, 3.8) is 0 Å². The van der Waals surface area contributed by atoms with Gasteiger partial charge in [0, 0.05) is 36.4 Å². The summed E-state index contributed by atoms with van der Waals surface area (Å²) < 4.78 is 1.80. The highest BCUT2D eigenvalue weighted by molar-refractivity contribution is 6.04. The average molecular weight is 293 g/mol. The predicted molar refractivity (Wildman–Crippen MR) is 82.7 cm³/mol. The average Bonchev–Trinajstić information content (AvgIpc) is 3.32. The van der Waals surface area contributed by atoms with Crippen LogP contribution < -0.4 is 5.32 Å². The second kappa shape index (κ2) is 4.91. The molecule has 0 spiro atoms. The minimum absolute atomic E-state index is 0.203. The minimum Gasteiger partial charge on any atom is -0.322 e. The first-order chi connectivity index (χ1) is 10.7. The Kier molecular flexibility index (Phi) is 2.89. The first-order valence-corrected chi connectivity index (χ1v) is 7.26. The number of benzene rings is 1. The maximum absolute atomic E-state index is 12.2. The Morgan fingerprint density at radius 2 is 2.00 bits per heavy atom. The number of nitrogens with zero attached hydrogens (tertiary/aromatic N) is 4. The Bertz CT molecular complexity index is 849. The molecule has 0 bridgehead atoms. The van der Waals surface area contributed by atoms with Gasteiger partial charge in [0.15, 0.2) is 0 Å². The maximum Gasteiger partial charge on any atom is 0.258 e. The molecule has 22 heavy (non-hydrogen) atoms. The van der Waals surface area contributed by atoms with Crippen LogP contribution in [0.25, 0.3) is 10.9 Å². The molecule has 4 rings (SSSR count). The Hall–Kier alpha value is -2.76. The molecular weight excluding hydrogens is 278 g/mol. The largest absolute Gasteiger partial charge is 0.322 e. The Morgan fingerprint density at radius 1 is 1.23 bits per heavy atom. The number of hydrogen-bond donors (Lipinski definition) is 1. The summed E-state index contributed by atoms with van der Waals surface area (Å²) in [6.45, 7) is 0. The van der Waals surface area contributed by atoms with Gasteiger partial charge < -0.3 is 5.32 Å². The first kappa shape index (κ1) is 12.9. The van der Waals surface area contributed by atoms with Gasteiger partial charge in [-0.05, 0) is 31.0 Å². The van der Waals surface area contributed by atoms with Gasteiger partial charge in [0.05, 0.1) is 17.3 Å². The number of rotatable bonds is 3. The number of amides is 1. The van der Waals surface area contributed by atoms with Gasteiger partial charge in [0.25, 0.3) is 5.91 Å². The molecule has 1 fully saturated rings. The molecule has 110 valence electrons. The van der Waals surface area contributed by atoms with Crippen LogP contribution in [0.4, 0.5) is 5.69 Å². The Morgan fingerprint density at radius 3 is 2.73 bits per heavy atom. The van der Waals surface area contributed by atoms with E-state index in [1.165, 1.54) is 0 Å². The highest BCUT2D eigenvalue weighted by Crippen LogP contribution is 2.37. The van der Waals surface area contributed by atoms with Crippen LogP contribution >= 0.6 is 0 Å². The summed E-state index contributed by atoms with van der Waals surface area (Å²) in [6, 6.07) is 5.70. The van der Waals surface area contributed by atoms with Crippen molar-refractivity contribution in [2.75, 3.05) is 5.32 Å². The van der Waals surface area contributed by atoms with Crippen molar-refractivity contribution in [2.24, 2.45) is 7.05 Å². The summed E-state index contributed by atoms with van der Waals surface area (Å²) in [4.78, 5) is 20.8. The van der Waals surface area contributed by atoms with Crippen molar-refractivity contribution in [3.8, 4) is 0 Å². The van der Waals surface area contributed by atoms with Gasteiger partial charge in [0.2, 0.25) is 0 Å². The molecule has 0 radical (unpaired) electrons. The third-order valence-electron chi connectivity index (χ3n) is 3.88. The predicted octanol–water partition coefficient (Wildman–Crippen LogP) is 2.49. The third kappa shape index (κ3) is 2.32. The summed E-state index contributed by atoms with van der Waals surface area (Å²) >= 11 is 0. The van der Waals surface area contributed by atoms with Gasteiger partial charge >= 0.3 is 0 Å². The summed E-state index contributed by atoms with van der Waals surface area (Å²) in [5.41, 5.74) is 2.22. The van der Waals surface area contributed by atoms with Crippen molar-refractivity contribution in [1.82, 2.24) is 19.7 Å². The SMILES string of the molecule is Cn1ncc2cc(NC(=O)c3cnc(C4CC4)nc3)ccc21. The van der Waals surface area contributed by atoms with Crippen LogP contribution in [0.5, 0.6) is 0 Å². The third-order valence-corrected chi connectivity index (χ3v) is 3.88. The van der Waals surface area contributed by atoms with Crippen molar-refractivity contribution >= 4 is 22.5 Å². The molecule has 1 saturated carbocycles. The van der Waals surface area contributed by atoms with E-state index in [0.717, 1.165) is 35.3 Å². The molecule has 3 aromatic rings. The summed E-state index contributed by atoms with van der Waals surface area (Å²) in [7, 11) is 1.89. The maximum atomic E-state index is 12.2. The second-order valence-corrected chi connectivity index (χ2v) is 5.60. The van der Waals surface area contributed by atoms with Crippen LogP contribution in [0.2, 0.25) is 0 Å². The highest BCUT2D eigenvalue weighted by Gasteiger charge is 2.26. The number of aromatic nitrogens is 4. The zero-order valence-electron chi connectivity index (χ0n) is 12.2. The molecule has 0 saturated heterocycles. The molecule has 1 aliphatic carbocycles. The minimum atomic E-state index is -0.203. The van der Waals surface area contributed by atoms with Crippen molar-refractivity contribution in [3.05, 3.63) is 48.2 Å². The zero-order chi connectivity index (χ0) is 15.1. The molecule has 1 aliphatic rings. The van der Waals surface area contributed by atoms with Gasteiger partial charge in [-0.25, -0.2) is 9.97 Å². The van der Waals surface area contributed by atoms with E-state index in [1.54, 1.807) is 23.3 Å². The molecule has 1 amide bonds. The monoisotopic (exact) mass is 293 g/mol. The molecular formula is C16H15N5O. The van der Waals surface area contributed by atoms with Gasteiger partial charge in [0.1, 0.15) is 5.82 Å². The van der Waals surface area contributed by atoms with Crippen LogP contribution in [0, 0.1) is 0 Å². The van der Waals surface area contributed by atoms with Crippen molar-refractivity contribution in [2.45, 2.75) is 18.8 Å². The molecule has 2 aromatic heterocycles. The van der Waals surface area contributed by atoms with E-state index in [-0.39, 0.29) is 5.91 Å². The van der Waals surface area contributed by atoms with E-state index in [9.17, 15) is 4.79 Å². The number of anilines is 1. The lowest BCUT2D eigenvalue weighted by Gasteiger charge is -2.06. The van der Waals surface area contributed by atoms with Crippen molar-refractivity contribution < 1.29 is 4.79 Å². The highest BCUT2D eigenvalue weighted by atomic mass is 16.1. The topological polar surface area (TPSA) is 72.7 Å². The molecule has 1 aromatic carbocycles. The number of fused-ring (bicyclic) bond motifs is 1. The lowest BCUT2D eigenvalue weighted by molar-refractivity contribution is 0.102. The quantitative estimate of drug-likeness (QED) is 0.805. The molecule has 1 N–H and O–H groups in total. The lowest BCUT2D eigenvalue weighted by atomic mass is 10.2. The Labute approximate surface area is 127 Å². The first-order valence-electron chi connectivity index (χ1n) is 7.26. The molecule has 0 atom stereocenters. The summed E-state index contributed by atoms with van der Waals surface area (Å²) in [5.74, 6) is 1.13.